The van der Waals surface area contributed by atoms with E-state index in [-0.39, 0.29) is 24.9 Å². The summed E-state index contributed by atoms with van der Waals surface area (Å²) in [7, 11) is -3.88. The Balaban J connectivity index is 2.08. The molecule has 0 saturated heterocycles. The fraction of sp³-hybridized carbons (Fsp3) is 0.333. The van der Waals surface area contributed by atoms with Gasteiger partial charge in [0.1, 0.15) is 12.6 Å². The standard InChI is InChI=1S/C30H35Cl2N3O4S/c1-5-21(2)33-30(37)28(18-23-10-7-6-8-11-23)34(19-24-14-16-25(31)17-15-24)29(36)20-35(40(4,38)39)27-13-9-12-26(32)22(27)3/h6-17,21,28H,5,18-20H2,1-4H3,(H,33,37). The van der Waals surface area contributed by atoms with Crippen molar-refractivity contribution in [3.05, 3.63) is 99.5 Å². The molecule has 7 nitrogen and oxygen atoms in total. The van der Waals surface area contributed by atoms with E-state index in [0.29, 0.717) is 27.7 Å². The first kappa shape index (κ1) is 31.5. The number of hydrogen-bond donors (Lipinski definition) is 1. The molecule has 10 heteroatoms. The van der Waals surface area contributed by atoms with Gasteiger partial charge in [-0.25, -0.2) is 8.42 Å². The van der Waals surface area contributed by atoms with Gasteiger partial charge < -0.3 is 10.2 Å². The Hall–Kier alpha value is -3.07. The highest BCUT2D eigenvalue weighted by Gasteiger charge is 2.33. The fourth-order valence-corrected chi connectivity index (χ4v) is 5.44. The normalized spacial score (nSPS) is 12.8. The van der Waals surface area contributed by atoms with Crippen LogP contribution in [-0.4, -0.2) is 50.0 Å². The molecule has 2 atom stereocenters. The van der Waals surface area contributed by atoms with Gasteiger partial charge in [-0.3, -0.25) is 13.9 Å². The van der Waals surface area contributed by atoms with Crippen molar-refractivity contribution in [1.29, 1.82) is 0 Å². The zero-order chi connectivity index (χ0) is 29.4. The van der Waals surface area contributed by atoms with Crippen molar-refractivity contribution in [2.24, 2.45) is 0 Å². The summed E-state index contributed by atoms with van der Waals surface area (Å²) in [4.78, 5) is 29.2. The van der Waals surface area contributed by atoms with Gasteiger partial charge in [0.05, 0.1) is 11.9 Å². The average Bonchev–Trinajstić information content (AvgIpc) is 2.91. The Morgan fingerprint density at radius 2 is 1.57 bits per heavy atom. The molecule has 0 saturated carbocycles. The van der Waals surface area contributed by atoms with Crippen LogP contribution in [-0.2, 0) is 32.6 Å². The molecule has 0 aliphatic carbocycles. The van der Waals surface area contributed by atoms with Crippen LogP contribution in [0.2, 0.25) is 10.0 Å². The van der Waals surface area contributed by atoms with E-state index < -0.39 is 28.5 Å². The summed E-state index contributed by atoms with van der Waals surface area (Å²) < 4.78 is 26.9. The molecule has 0 radical (unpaired) electrons. The molecule has 214 valence electrons. The molecule has 3 rings (SSSR count). The number of carbonyl (C=O) groups is 2. The van der Waals surface area contributed by atoms with Crippen molar-refractivity contribution in [2.75, 3.05) is 17.1 Å². The van der Waals surface area contributed by atoms with Crippen molar-refractivity contribution in [3.63, 3.8) is 0 Å². The van der Waals surface area contributed by atoms with Crippen LogP contribution in [0.5, 0.6) is 0 Å². The van der Waals surface area contributed by atoms with Crippen molar-refractivity contribution in [1.82, 2.24) is 10.2 Å². The van der Waals surface area contributed by atoms with Gasteiger partial charge in [0, 0.05) is 29.1 Å². The molecule has 3 aromatic carbocycles. The van der Waals surface area contributed by atoms with Gasteiger partial charge in [-0.1, -0.05) is 78.7 Å². The monoisotopic (exact) mass is 603 g/mol. The van der Waals surface area contributed by atoms with E-state index in [9.17, 15) is 18.0 Å². The van der Waals surface area contributed by atoms with Gasteiger partial charge in [0.15, 0.2) is 0 Å². The van der Waals surface area contributed by atoms with E-state index >= 15 is 0 Å². The summed E-state index contributed by atoms with van der Waals surface area (Å²) >= 11 is 12.4. The first-order chi connectivity index (χ1) is 18.9. The highest BCUT2D eigenvalue weighted by Crippen LogP contribution is 2.28. The molecule has 0 aliphatic rings. The summed E-state index contributed by atoms with van der Waals surface area (Å²) in [5.41, 5.74) is 2.45. The van der Waals surface area contributed by atoms with Crippen LogP contribution >= 0.6 is 23.2 Å². The molecular weight excluding hydrogens is 569 g/mol. The second kappa shape index (κ2) is 14.0. The molecule has 0 heterocycles. The van der Waals surface area contributed by atoms with Crippen LogP contribution < -0.4 is 9.62 Å². The Kier molecular flexibility index (Phi) is 11.0. The largest absolute Gasteiger partial charge is 0.352 e. The van der Waals surface area contributed by atoms with Gasteiger partial charge in [0.2, 0.25) is 21.8 Å². The Morgan fingerprint density at radius 1 is 0.925 bits per heavy atom. The molecule has 2 amide bonds. The Labute approximate surface area is 247 Å². The second-order valence-electron chi connectivity index (χ2n) is 9.83. The molecule has 0 aromatic heterocycles. The molecule has 0 aliphatic heterocycles. The van der Waals surface area contributed by atoms with Gasteiger partial charge in [-0.2, -0.15) is 0 Å². The van der Waals surface area contributed by atoms with E-state index in [2.05, 4.69) is 5.32 Å². The number of hydrogen-bond acceptors (Lipinski definition) is 4. The maximum absolute atomic E-state index is 14.1. The van der Waals surface area contributed by atoms with E-state index in [1.807, 2.05) is 44.2 Å². The van der Waals surface area contributed by atoms with Crippen molar-refractivity contribution in [2.45, 2.75) is 52.2 Å². The highest BCUT2D eigenvalue weighted by atomic mass is 35.5. The summed E-state index contributed by atoms with van der Waals surface area (Å²) in [6.45, 7) is 5.13. The lowest BCUT2D eigenvalue weighted by atomic mass is 10.0. The van der Waals surface area contributed by atoms with E-state index in [1.54, 1.807) is 49.4 Å². The number of nitrogens with one attached hydrogen (secondary N) is 1. The van der Waals surface area contributed by atoms with Crippen LogP contribution in [0.4, 0.5) is 5.69 Å². The molecule has 0 bridgehead atoms. The third-order valence-corrected chi connectivity index (χ3v) is 8.51. The number of halogens is 2. The van der Waals surface area contributed by atoms with Crippen molar-refractivity contribution < 1.29 is 18.0 Å². The minimum Gasteiger partial charge on any atom is -0.352 e. The lowest BCUT2D eigenvalue weighted by Gasteiger charge is -2.34. The first-order valence-corrected chi connectivity index (χ1v) is 15.6. The number of sulfonamides is 1. The summed E-state index contributed by atoms with van der Waals surface area (Å²) in [5, 5.41) is 3.93. The highest BCUT2D eigenvalue weighted by molar-refractivity contribution is 7.92. The third kappa shape index (κ3) is 8.46. The third-order valence-electron chi connectivity index (χ3n) is 6.73. The van der Waals surface area contributed by atoms with Crippen molar-refractivity contribution in [3.8, 4) is 0 Å². The number of nitrogens with zero attached hydrogens (tertiary/aromatic N) is 2. The molecular formula is C30H35Cl2N3O4S. The summed E-state index contributed by atoms with van der Waals surface area (Å²) in [6.07, 6.45) is 2.00. The molecule has 0 spiro atoms. The lowest BCUT2D eigenvalue weighted by molar-refractivity contribution is -0.140. The molecule has 0 fully saturated rings. The minimum absolute atomic E-state index is 0.0769. The van der Waals surface area contributed by atoms with Crippen LogP contribution in [0.3, 0.4) is 0 Å². The predicted molar refractivity (Wildman–Crippen MR) is 162 cm³/mol. The summed E-state index contributed by atoms with van der Waals surface area (Å²) in [6, 6.07) is 20.3. The SMILES string of the molecule is CCC(C)NC(=O)C(Cc1ccccc1)N(Cc1ccc(Cl)cc1)C(=O)CN(c1cccc(Cl)c1C)S(C)(=O)=O. The number of anilines is 1. The average molecular weight is 605 g/mol. The lowest BCUT2D eigenvalue weighted by Crippen LogP contribution is -2.54. The Bertz CT molecular complexity index is 1420. The predicted octanol–water partition coefficient (Wildman–Crippen LogP) is 5.62. The van der Waals surface area contributed by atoms with Gasteiger partial charge in [-0.15, -0.1) is 0 Å². The number of amides is 2. The quantitative estimate of drug-likeness (QED) is 0.291. The maximum Gasteiger partial charge on any atom is 0.244 e. The topological polar surface area (TPSA) is 86.8 Å². The van der Waals surface area contributed by atoms with E-state index in [4.69, 9.17) is 23.2 Å². The smallest absolute Gasteiger partial charge is 0.244 e. The van der Waals surface area contributed by atoms with Gasteiger partial charge in [-0.05, 0) is 61.2 Å². The second-order valence-corrected chi connectivity index (χ2v) is 12.6. The van der Waals surface area contributed by atoms with Crippen molar-refractivity contribution >= 4 is 50.7 Å². The first-order valence-electron chi connectivity index (χ1n) is 13.0. The summed E-state index contributed by atoms with van der Waals surface area (Å²) in [5.74, 6) is -0.842. The fourth-order valence-electron chi connectivity index (χ4n) is 4.24. The minimum atomic E-state index is -3.88. The zero-order valence-electron chi connectivity index (χ0n) is 23.1. The van der Waals surface area contributed by atoms with Crippen LogP contribution in [0, 0.1) is 6.92 Å². The van der Waals surface area contributed by atoms with Gasteiger partial charge >= 0.3 is 0 Å². The van der Waals surface area contributed by atoms with Crippen LogP contribution in [0.25, 0.3) is 0 Å². The zero-order valence-corrected chi connectivity index (χ0v) is 25.4. The molecule has 3 aromatic rings. The molecule has 40 heavy (non-hydrogen) atoms. The van der Waals surface area contributed by atoms with Gasteiger partial charge in [0.25, 0.3) is 0 Å². The number of benzene rings is 3. The molecule has 2 unspecified atom stereocenters. The number of carbonyl (C=O) groups excluding carboxylic acids is 2. The van der Waals surface area contributed by atoms with Crippen LogP contribution in [0.1, 0.15) is 37.0 Å². The Morgan fingerprint density at radius 3 is 2.17 bits per heavy atom. The maximum atomic E-state index is 14.1. The van der Waals surface area contributed by atoms with E-state index in [1.165, 1.54) is 4.90 Å². The number of rotatable bonds is 12. The van der Waals surface area contributed by atoms with E-state index in [0.717, 1.165) is 21.7 Å². The van der Waals surface area contributed by atoms with Crippen LogP contribution in [0.15, 0.2) is 72.8 Å². The molecule has 1 N–H and O–H groups in total.